The fourth-order valence-corrected chi connectivity index (χ4v) is 4.24. The number of carboxylic acid groups (broad SMARTS) is 1. The SMILES string of the molecule is CN=Cc1cc2c(F)cccc2nc1-c1cc(C(=O)N(C)c2ccccc2OCCCC(=O)O)ccc1Cl. The molecular weight excluding hydrogens is 509 g/mol. The van der Waals surface area contributed by atoms with Gasteiger partial charge in [0.05, 0.1) is 28.5 Å². The van der Waals surface area contributed by atoms with Crippen LogP contribution in [-0.4, -0.2) is 48.9 Å². The van der Waals surface area contributed by atoms with Crippen LogP contribution >= 0.6 is 11.6 Å². The number of ether oxygens (including phenoxy) is 1. The Bertz CT molecular complexity index is 1540. The number of aliphatic imine (C=N–C) groups is 1. The van der Waals surface area contributed by atoms with E-state index in [2.05, 4.69) is 9.98 Å². The fraction of sp³-hybridized carbons (Fsp3) is 0.172. The van der Waals surface area contributed by atoms with Crippen LogP contribution in [0.25, 0.3) is 22.2 Å². The van der Waals surface area contributed by atoms with E-state index < -0.39 is 11.8 Å². The smallest absolute Gasteiger partial charge is 0.303 e. The van der Waals surface area contributed by atoms with Crippen LogP contribution in [0.4, 0.5) is 10.1 Å². The lowest BCUT2D eigenvalue weighted by atomic mass is 10.0. The molecule has 0 saturated carbocycles. The van der Waals surface area contributed by atoms with E-state index in [0.29, 0.717) is 56.2 Å². The van der Waals surface area contributed by atoms with Crippen molar-refractivity contribution in [2.45, 2.75) is 12.8 Å². The van der Waals surface area contributed by atoms with Crippen molar-refractivity contribution < 1.29 is 23.8 Å². The number of carbonyl (C=O) groups is 2. The Morgan fingerprint density at radius 1 is 1.13 bits per heavy atom. The summed E-state index contributed by atoms with van der Waals surface area (Å²) in [6, 6.07) is 18.2. The van der Waals surface area contributed by atoms with Gasteiger partial charge in [-0.25, -0.2) is 9.37 Å². The summed E-state index contributed by atoms with van der Waals surface area (Å²) in [4.78, 5) is 34.5. The molecule has 4 aromatic rings. The van der Waals surface area contributed by atoms with Crippen LogP contribution in [0.1, 0.15) is 28.8 Å². The topological polar surface area (TPSA) is 92.1 Å². The highest BCUT2D eigenvalue weighted by Crippen LogP contribution is 2.34. The Hall–Kier alpha value is -4.30. The number of para-hydroxylation sites is 2. The third-order valence-corrected chi connectivity index (χ3v) is 6.23. The summed E-state index contributed by atoms with van der Waals surface area (Å²) in [5, 5.41) is 9.57. The molecule has 0 aliphatic rings. The molecule has 0 aliphatic carbocycles. The van der Waals surface area contributed by atoms with Gasteiger partial charge in [0.1, 0.15) is 11.6 Å². The Labute approximate surface area is 224 Å². The number of amides is 1. The number of fused-ring (bicyclic) bond motifs is 1. The Balaban J connectivity index is 1.69. The van der Waals surface area contributed by atoms with E-state index in [1.165, 1.54) is 11.0 Å². The second kappa shape index (κ2) is 11.8. The number of halogens is 2. The molecule has 1 aromatic heterocycles. The van der Waals surface area contributed by atoms with Crippen molar-refractivity contribution in [3.63, 3.8) is 0 Å². The van der Waals surface area contributed by atoms with Crippen LogP contribution in [0.5, 0.6) is 5.75 Å². The minimum Gasteiger partial charge on any atom is -0.491 e. The van der Waals surface area contributed by atoms with E-state index in [9.17, 15) is 14.0 Å². The number of carboxylic acids is 1. The molecule has 4 rings (SSSR count). The van der Waals surface area contributed by atoms with Gasteiger partial charge in [0.2, 0.25) is 0 Å². The first kappa shape index (κ1) is 26.8. The molecule has 0 saturated heterocycles. The largest absolute Gasteiger partial charge is 0.491 e. The predicted octanol–water partition coefficient (Wildman–Crippen LogP) is 6.26. The van der Waals surface area contributed by atoms with Gasteiger partial charge in [0.25, 0.3) is 5.91 Å². The number of anilines is 1. The zero-order valence-corrected chi connectivity index (χ0v) is 21.6. The van der Waals surface area contributed by atoms with Crippen molar-refractivity contribution in [1.29, 1.82) is 0 Å². The van der Waals surface area contributed by atoms with Crippen molar-refractivity contribution in [2.24, 2.45) is 4.99 Å². The molecule has 194 valence electrons. The molecular formula is C29H25ClFN3O4. The van der Waals surface area contributed by atoms with E-state index >= 15 is 0 Å². The third kappa shape index (κ3) is 5.81. The molecule has 0 bridgehead atoms. The summed E-state index contributed by atoms with van der Waals surface area (Å²) in [5.74, 6) is -1.15. The van der Waals surface area contributed by atoms with Crippen molar-refractivity contribution in [3.05, 3.63) is 88.7 Å². The van der Waals surface area contributed by atoms with Crippen LogP contribution in [0, 0.1) is 5.82 Å². The Morgan fingerprint density at radius 3 is 2.68 bits per heavy atom. The second-order valence-electron chi connectivity index (χ2n) is 8.49. The number of aliphatic carboxylic acids is 1. The molecule has 0 fully saturated rings. The number of pyridine rings is 1. The van der Waals surface area contributed by atoms with Crippen molar-refractivity contribution in [3.8, 4) is 17.0 Å². The van der Waals surface area contributed by atoms with E-state index in [1.54, 1.807) is 81.0 Å². The minimum absolute atomic E-state index is 0.00926. The number of aromatic nitrogens is 1. The Kier molecular flexibility index (Phi) is 8.33. The van der Waals surface area contributed by atoms with E-state index in [4.69, 9.17) is 21.4 Å². The molecule has 38 heavy (non-hydrogen) atoms. The first-order valence-electron chi connectivity index (χ1n) is 11.8. The maximum Gasteiger partial charge on any atom is 0.303 e. The standard InChI is InChI=1S/C29H25ClFN3O4/c1-32-17-19-16-21-23(31)7-5-8-24(21)33-28(19)20-15-18(12-13-22(20)30)29(37)34(2)25-9-3-4-10-26(25)38-14-6-11-27(35)36/h3-5,7-10,12-13,15-17H,6,11,14H2,1-2H3,(H,35,36). The minimum atomic E-state index is -0.896. The maximum atomic E-state index is 14.4. The van der Waals surface area contributed by atoms with Crippen LogP contribution < -0.4 is 9.64 Å². The number of hydrogen-bond donors (Lipinski definition) is 1. The summed E-state index contributed by atoms with van der Waals surface area (Å²) in [5.41, 5.74) is 2.87. The predicted molar refractivity (Wildman–Crippen MR) is 147 cm³/mol. The molecule has 7 nitrogen and oxygen atoms in total. The maximum absolute atomic E-state index is 14.4. The van der Waals surface area contributed by atoms with Gasteiger partial charge in [-0.05, 0) is 55.0 Å². The monoisotopic (exact) mass is 533 g/mol. The number of nitrogens with zero attached hydrogens (tertiary/aromatic N) is 3. The van der Waals surface area contributed by atoms with E-state index in [1.807, 2.05) is 0 Å². The summed E-state index contributed by atoms with van der Waals surface area (Å²) in [6.45, 7) is 0.201. The molecule has 1 heterocycles. The first-order valence-corrected chi connectivity index (χ1v) is 12.2. The molecule has 1 N–H and O–H groups in total. The molecule has 1 amide bonds. The fourth-order valence-electron chi connectivity index (χ4n) is 4.03. The van der Waals surface area contributed by atoms with Gasteiger partial charge in [-0.15, -0.1) is 0 Å². The molecule has 0 atom stereocenters. The van der Waals surface area contributed by atoms with E-state index in [0.717, 1.165) is 0 Å². The van der Waals surface area contributed by atoms with Gasteiger partial charge >= 0.3 is 5.97 Å². The van der Waals surface area contributed by atoms with E-state index in [-0.39, 0.29) is 18.9 Å². The summed E-state index contributed by atoms with van der Waals surface area (Å²) < 4.78 is 20.2. The van der Waals surface area contributed by atoms with Gasteiger partial charge in [-0.2, -0.15) is 0 Å². The number of carbonyl (C=O) groups excluding carboxylic acids is 1. The van der Waals surface area contributed by atoms with Gasteiger partial charge in [-0.1, -0.05) is 29.8 Å². The van der Waals surface area contributed by atoms with Crippen molar-refractivity contribution in [1.82, 2.24) is 4.98 Å². The number of hydrogen-bond acceptors (Lipinski definition) is 5. The summed E-state index contributed by atoms with van der Waals surface area (Å²) in [6.07, 6.45) is 1.90. The molecule has 0 unspecified atom stereocenters. The zero-order valence-electron chi connectivity index (χ0n) is 20.8. The quantitative estimate of drug-likeness (QED) is 0.202. The summed E-state index contributed by atoms with van der Waals surface area (Å²) in [7, 11) is 3.23. The number of benzene rings is 3. The molecule has 0 radical (unpaired) electrons. The highest BCUT2D eigenvalue weighted by Gasteiger charge is 2.20. The molecule has 0 aliphatic heterocycles. The van der Waals surface area contributed by atoms with Crippen LogP contribution in [-0.2, 0) is 4.79 Å². The van der Waals surface area contributed by atoms with Gasteiger partial charge in [-0.3, -0.25) is 14.6 Å². The molecule has 9 heteroatoms. The van der Waals surface area contributed by atoms with Gasteiger partial charge in [0.15, 0.2) is 0 Å². The normalized spacial score (nSPS) is 11.2. The van der Waals surface area contributed by atoms with Crippen LogP contribution in [0.2, 0.25) is 5.02 Å². The summed E-state index contributed by atoms with van der Waals surface area (Å²) >= 11 is 6.56. The first-order chi connectivity index (χ1) is 18.3. The highest BCUT2D eigenvalue weighted by atomic mass is 35.5. The van der Waals surface area contributed by atoms with Gasteiger partial charge < -0.3 is 14.7 Å². The highest BCUT2D eigenvalue weighted by molar-refractivity contribution is 6.33. The average Bonchev–Trinajstić information content (AvgIpc) is 2.91. The molecule has 0 spiro atoms. The second-order valence-corrected chi connectivity index (χ2v) is 8.90. The third-order valence-electron chi connectivity index (χ3n) is 5.90. The lowest BCUT2D eigenvalue weighted by Crippen LogP contribution is -2.26. The number of rotatable bonds is 9. The van der Waals surface area contributed by atoms with Crippen molar-refractivity contribution in [2.75, 3.05) is 25.6 Å². The van der Waals surface area contributed by atoms with Gasteiger partial charge in [0, 0.05) is 48.8 Å². The average molecular weight is 534 g/mol. The van der Waals surface area contributed by atoms with Crippen LogP contribution in [0.15, 0.2) is 71.7 Å². The van der Waals surface area contributed by atoms with Crippen LogP contribution in [0.3, 0.4) is 0 Å². The molecule has 3 aromatic carbocycles. The Morgan fingerprint density at radius 2 is 1.92 bits per heavy atom. The lowest BCUT2D eigenvalue weighted by Gasteiger charge is -2.21. The lowest BCUT2D eigenvalue weighted by molar-refractivity contribution is -0.137. The van der Waals surface area contributed by atoms with Crippen molar-refractivity contribution >= 4 is 46.3 Å². The zero-order chi connectivity index (χ0) is 27.2.